The lowest BCUT2D eigenvalue weighted by Crippen LogP contribution is -2.51. The van der Waals surface area contributed by atoms with Crippen LogP contribution < -0.4 is 9.62 Å². The average molecular weight is 562 g/mol. The number of nitrogens with one attached hydrogen (secondary N) is 1. The smallest absolute Gasteiger partial charge is 0.354 e. The predicted octanol–water partition coefficient (Wildman–Crippen LogP) is 4.77. The number of aryl methyl sites for hydroxylation is 1. The van der Waals surface area contributed by atoms with Crippen molar-refractivity contribution < 1.29 is 31.2 Å². The van der Waals surface area contributed by atoms with E-state index in [4.69, 9.17) is 11.6 Å². The van der Waals surface area contributed by atoms with Crippen LogP contribution in [0.3, 0.4) is 0 Å². The van der Waals surface area contributed by atoms with Crippen LogP contribution in [0.15, 0.2) is 42.5 Å². The quantitative estimate of drug-likeness (QED) is 0.401. The molecule has 2 aromatic rings. The fourth-order valence-electron chi connectivity index (χ4n) is 3.60. The van der Waals surface area contributed by atoms with Crippen LogP contribution in [-0.4, -0.2) is 50.5 Å². The highest BCUT2D eigenvalue weighted by atomic mass is 35.5. The van der Waals surface area contributed by atoms with Crippen LogP contribution in [0.25, 0.3) is 0 Å². The topological polar surface area (TPSA) is 86.8 Å². The van der Waals surface area contributed by atoms with Gasteiger partial charge in [-0.3, -0.25) is 13.9 Å². The molecule has 37 heavy (non-hydrogen) atoms. The molecule has 204 valence electrons. The van der Waals surface area contributed by atoms with E-state index in [1.807, 2.05) is 26.0 Å². The van der Waals surface area contributed by atoms with Gasteiger partial charge in [0.05, 0.1) is 22.5 Å². The van der Waals surface area contributed by atoms with Crippen LogP contribution >= 0.6 is 11.6 Å². The number of amides is 2. The summed E-state index contributed by atoms with van der Waals surface area (Å²) in [5.41, 5.74) is 0.0132. The summed E-state index contributed by atoms with van der Waals surface area (Å²) in [4.78, 5) is 27.5. The van der Waals surface area contributed by atoms with Gasteiger partial charge < -0.3 is 10.2 Å². The summed E-state index contributed by atoms with van der Waals surface area (Å²) < 4.78 is 65.7. The van der Waals surface area contributed by atoms with Crippen LogP contribution in [-0.2, 0) is 32.3 Å². The largest absolute Gasteiger partial charge is 0.416 e. The second-order valence-electron chi connectivity index (χ2n) is 8.76. The van der Waals surface area contributed by atoms with E-state index in [1.165, 1.54) is 11.8 Å². The highest BCUT2D eigenvalue weighted by Gasteiger charge is 2.34. The van der Waals surface area contributed by atoms with Crippen molar-refractivity contribution in [1.82, 2.24) is 10.2 Å². The van der Waals surface area contributed by atoms with Crippen LogP contribution in [0, 0.1) is 6.92 Å². The Morgan fingerprint density at radius 2 is 1.81 bits per heavy atom. The molecular formula is C25H31ClF3N3O4S. The highest BCUT2D eigenvalue weighted by molar-refractivity contribution is 7.92. The zero-order chi connectivity index (χ0) is 28.0. The monoisotopic (exact) mass is 561 g/mol. The summed E-state index contributed by atoms with van der Waals surface area (Å²) in [6.45, 7) is 4.87. The Kier molecular flexibility index (Phi) is 10.4. The summed E-state index contributed by atoms with van der Waals surface area (Å²) >= 11 is 6.08. The molecule has 0 fully saturated rings. The van der Waals surface area contributed by atoms with Crippen LogP contribution in [0.2, 0.25) is 5.02 Å². The molecule has 0 heterocycles. The number of hydrogen-bond donors (Lipinski definition) is 1. The van der Waals surface area contributed by atoms with Crippen molar-refractivity contribution in [1.29, 1.82) is 0 Å². The molecule has 0 aliphatic carbocycles. The number of anilines is 1. The van der Waals surface area contributed by atoms with Crippen molar-refractivity contribution in [2.45, 2.75) is 52.4 Å². The van der Waals surface area contributed by atoms with E-state index in [1.54, 1.807) is 12.1 Å². The van der Waals surface area contributed by atoms with Crippen molar-refractivity contribution in [2.24, 2.45) is 0 Å². The zero-order valence-corrected chi connectivity index (χ0v) is 22.7. The Morgan fingerprint density at radius 1 is 1.14 bits per heavy atom. The lowest BCUT2D eigenvalue weighted by Gasteiger charge is -2.32. The van der Waals surface area contributed by atoms with E-state index >= 15 is 0 Å². The molecule has 0 aliphatic rings. The molecule has 0 aliphatic heterocycles. The number of benzene rings is 2. The van der Waals surface area contributed by atoms with Gasteiger partial charge in [0.25, 0.3) is 0 Å². The first-order chi connectivity index (χ1) is 17.1. The zero-order valence-electron chi connectivity index (χ0n) is 21.1. The Bertz CT molecular complexity index is 1220. The summed E-state index contributed by atoms with van der Waals surface area (Å²) in [6.07, 6.45) is -2.40. The minimum Gasteiger partial charge on any atom is -0.354 e. The van der Waals surface area contributed by atoms with E-state index in [-0.39, 0.29) is 11.6 Å². The summed E-state index contributed by atoms with van der Waals surface area (Å²) in [7, 11) is -4.24. The molecule has 0 unspecified atom stereocenters. The first-order valence-electron chi connectivity index (χ1n) is 11.6. The van der Waals surface area contributed by atoms with Crippen molar-refractivity contribution in [3.05, 3.63) is 64.2 Å². The number of carbonyl (C=O) groups excluding carboxylic acids is 2. The number of carbonyl (C=O) groups is 2. The number of halogens is 4. The Hall–Kier alpha value is -2.79. The molecule has 12 heteroatoms. The van der Waals surface area contributed by atoms with E-state index in [2.05, 4.69) is 5.32 Å². The van der Waals surface area contributed by atoms with Crippen molar-refractivity contribution in [2.75, 3.05) is 23.7 Å². The molecule has 2 aromatic carbocycles. The third-order valence-corrected chi connectivity index (χ3v) is 7.10. The molecule has 1 atom stereocenters. The second-order valence-corrected chi connectivity index (χ2v) is 11.1. The van der Waals surface area contributed by atoms with Gasteiger partial charge in [0.1, 0.15) is 12.6 Å². The van der Waals surface area contributed by atoms with Gasteiger partial charge in [-0.25, -0.2) is 8.42 Å². The molecule has 2 amide bonds. The molecule has 0 radical (unpaired) electrons. The summed E-state index contributed by atoms with van der Waals surface area (Å²) in [5.74, 6) is -1.21. The first kappa shape index (κ1) is 30.4. The third-order valence-electron chi connectivity index (χ3n) is 5.65. The predicted molar refractivity (Wildman–Crippen MR) is 138 cm³/mol. The van der Waals surface area contributed by atoms with Gasteiger partial charge in [0.2, 0.25) is 21.8 Å². The third kappa shape index (κ3) is 8.63. The number of sulfonamides is 1. The SMILES string of the molecule is CCCCNC(=O)[C@@H](C)N(Cc1cccc(C)c1)C(=O)CN(c1cc(C(F)(F)F)ccc1Cl)S(C)(=O)=O. The molecule has 1 N–H and O–H groups in total. The fraction of sp³-hybridized carbons (Fsp3) is 0.440. The molecule has 7 nitrogen and oxygen atoms in total. The minimum absolute atomic E-state index is 0.0171. The number of alkyl halides is 3. The Morgan fingerprint density at radius 3 is 2.38 bits per heavy atom. The molecule has 0 aromatic heterocycles. The number of rotatable bonds is 11. The van der Waals surface area contributed by atoms with Gasteiger partial charge in [0.15, 0.2) is 0 Å². The van der Waals surface area contributed by atoms with E-state index < -0.39 is 51.9 Å². The van der Waals surface area contributed by atoms with Gasteiger partial charge >= 0.3 is 6.18 Å². The lowest BCUT2D eigenvalue weighted by molar-refractivity contribution is -0.139. The van der Waals surface area contributed by atoms with Crippen LogP contribution in [0.1, 0.15) is 43.4 Å². The summed E-state index contributed by atoms with van der Waals surface area (Å²) in [6, 6.07) is 8.47. The first-order valence-corrected chi connectivity index (χ1v) is 13.8. The summed E-state index contributed by atoms with van der Waals surface area (Å²) in [5, 5.41) is 2.48. The molecule has 0 bridgehead atoms. The number of unbranched alkanes of at least 4 members (excludes halogenated alkanes) is 1. The number of nitrogens with zero attached hydrogens (tertiary/aromatic N) is 2. The molecule has 2 rings (SSSR count). The minimum atomic E-state index is -4.76. The molecule has 0 saturated carbocycles. The standard InChI is InChI=1S/C25H31ClF3N3O4S/c1-5-6-12-30-24(34)18(3)31(15-19-9-7-8-17(2)13-19)23(33)16-32(37(4,35)36)22-14-20(25(27,28)29)10-11-21(22)26/h7-11,13-14,18H,5-6,12,15-16H2,1-4H3,(H,30,34)/t18-/m1/s1. The normalized spacial score (nSPS) is 12.6. The van der Waals surface area contributed by atoms with Crippen molar-refractivity contribution >= 4 is 39.1 Å². The van der Waals surface area contributed by atoms with Crippen molar-refractivity contribution in [3.8, 4) is 0 Å². The van der Waals surface area contributed by atoms with Crippen molar-refractivity contribution in [3.63, 3.8) is 0 Å². The molecule has 0 saturated heterocycles. The average Bonchev–Trinajstić information content (AvgIpc) is 2.79. The lowest BCUT2D eigenvalue weighted by atomic mass is 10.1. The van der Waals surface area contributed by atoms with Crippen LogP contribution in [0.4, 0.5) is 18.9 Å². The van der Waals surface area contributed by atoms with Crippen LogP contribution in [0.5, 0.6) is 0 Å². The maximum Gasteiger partial charge on any atom is 0.416 e. The highest BCUT2D eigenvalue weighted by Crippen LogP contribution is 2.36. The fourth-order valence-corrected chi connectivity index (χ4v) is 4.72. The molecular weight excluding hydrogens is 531 g/mol. The van der Waals surface area contributed by atoms with Gasteiger partial charge in [-0.1, -0.05) is 54.8 Å². The molecule has 0 spiro atoms. The van der Waals surface area contributed by atoms with E-state index in [0.717, 1.165) is 36.8 Å². The van der Waals surface area contributed by atoms with Gasteiger partial charge in [-0.2, -0.15) is 13.2 Å². The van der Waals surface area contributed by atoms with Gasteiger partial charge in [0, 0.05) is 13.1 Å². The Balaban J connectivity index is 2.46. The van der Waals surface area contributed by atoms with Gasteiger partial charge in [-0.15, -0.1) is 0 Å². The van der Waals surface area contributed by atoms with E-state index in [0.29, 0.717) is 22.5 Å². The number of hydrogen-bond acceptors (Lipinski definition) is 4. The van der Waals surface area contributed by atoms with E-state index in [9.17, 15) is 31.2 Å². The Labute approximate surface area is 220 Å². The maximum atomic E-state index is 13.5. The maximum absolute atomic E-state index is 13.5. The second kappa shape index (κ2) is 12.6. The van der Waals surface area contributed by atoms with Gasteiger partial charge in [-0.05, 0) is 44.0 Å².